The molecule has 4 nitrogen and oxygen atoms in total. The summed E-state index contributed by atoms with van der Waals surface area (Å²) in [6.07, 6.45) is 0.875. The highest BCUT2D eigenvalue weighted by atomic mass is 16.4. The molecule has 1 aliphatic rings. The van der Waals surface area contributed by atoms with Gasteiger partial charge in [0.25, 0.3) is 0 Å². The Morgan fingerprint density at radius 2 is 1.76 bits per heavy atom. The van der Waals surface area contributed by atoms with Crippen LogP contribution in [0.2, 0.25) is 0 Å². The van der Waals surface area contributed by atoms with Crippen LogP contribution in [0, 0.1) is 6.92 Å². The van der Waals surface area contributed by atoms with Gasteiger partial charge in [0.1, 0.15) is 16.9 Å². The monoisotopic (exact) mass is 383 g/mol. The Morgan fingerprint density at radius 1 is 1.00 bits per heavy atom. The maximum atomic E-state index is 13.1. The van der Waals surface area contributed by atoms with Crippen LogP contribution in [-0.4, -0.2) is 11.7 Å². The van der Waals surface area contributed by atoms with E-state index in [4.69, 9.17) is 4.42 Å². The highest BCUT2D eigenvalue weighted by molar-refractivity contribution is 5.85. The summed E-state index contributed by atoms with van der Waals surface area (Å²) < 4.78 is 5.64. The van der Waals surface area contributed by atoms with E-state index in [1.54, 1.807) is 6.07 Å². The van der Waals surface area contributed by atoms with Crippen LogP contribution in [0.25, 0.3) is 11.0 Å². The molecule has 5 rings (SSSR count). The molecule has 1 unspecified atom stereocenters. The first-order valence-corrected chi connectivity index (χ1v) is 9.79. The molecule has 0 fully saturated rings. The highest BCUT2D eigenvalue weighted by Gasteiger charge is 2.34. The first-order chi connectivity index (χ1) is 14.1. The molecule has 1 aliphatic heterocycles. The van der Waals surface area contributed by atoms with Crippen molar-refractivity contribution in [2.24, 2.45) is 0 Å². The van der Waals surface area contributed by atoms with Crippen LogP contribution >= 0.6 is 0 Å². The standard InChI is InChI=1S/C25H21NO3/c1-16-11-12-21-20(15-16)24(27)22(25(28)29-21)23-19-10-6-5-7-17(19)13-14-26(23)18-8-3-2-4-9-18/h2-12,15,23,27H,13-14H2,1H3. The lowest BCUT2D eigenvalue weighted by Crippen LogP contribution is -2.38. The number of hydrogen-bond donors (Lipinski definition) is 1. The molecule has 0 radical (unpaired) electrons. The van der Waals surface area contributed by atoms with E-state index in [2.05, 4.69) is 11.0 Å². The number of fused-ring (bicyclic) bond motifs is 2. The molecule has 1 aromatic heterocycles. The predicted octanol–water partition coefficient (Wildman–Crippen LogP) is 4.96. The average molecular weight is 383 g/mol. The summed E-state index contributed by atoms with van der Waals surface area (Å²) >= 11 is 0. The van der Waals surface area contributed by atoms with Gasteiger partial charge in [-0.25, -0.2) is 4.79 Å². The Morgan fingerprint density at radius 3 is 2.59 bits per heavy atom. The van der Waals surface area contributed by atoms with E-state index in [1.807, 2.05) is 67.6 Å². The van der Waals surface area contributed by atoms with E-state index >= 15 is 0 Å². The molecule has 0 spiro atoms. The third-order valence-corrected chi connectivity index (χ3v) is 5.71. The first-order valence-electron chi connectivity index (χ1n) is 9.79. The maximum Gasteiger partial charge on any atom is 0.345 e. The summed E-state index contributed by atoms with van der Waals surface area (Å²) in [5.74, 6) is 0.00239. The second-order valence-electron chi connectivity index (χ2n) is 7.53. The van der Waals surface area contributed by atoms with Crippen molar-refractivity contribution in [2.75, 3.05) is 11.4 Å². The second-order valence-corrected chi connectivity index (χ2v) is 7.53. The van der Waals surface area contributed by atoms with Crippen LogP contribution in [0.5, 0.6) is 5.75 Å². The van der Waals surface area contributed by atoms with Gasteiger partial charge in [-0.15, -0.1) is 0 Å². The van der Waals surface area contributed by atoms with Crippen LogP contribution in [-0.2, 0) is 6.42 Å². The molecule has 0 saturated heterocycles. The van der Waals surface area contributed by atoms with E-state index in [-0.39, 0.29) is 5.75 Å². The fourth-order valence-corrected chi connectivity index (χ4v) is 4.33. The zero-order valence-electron chi connectivity index (χ0n) is 16.1. The lowest BCUT2D eigenvalue weighted by atomic mass is 9.87. The molecule has 0 saturated carbocycles. The fourth-order valence-electron chi connectivity index (χ4n) is 4.33. The Labute approximate surface area is 168 Å². The van der Waals surface area contributed by atoms with Gasteiger partial charge in [0, 0.05) is 12.2 Å². The minimum Gasteiger partial charge on any atom is -0.507 e. The van der Waals surface area contributed by atoms with Crippen molar-refractivity contribution >= 4 is 16.7 Å². The molecule has 1 N–H and O–H groups in total. The summed E-state index contributed by atoms with van der Waals surface area (Å²) in [7, 11) is 0. The Kier molecular flexibility index (Phi) is 4.13. The first kappa shape index (κ1) is 17.6. The molecule has 29 heavy (non-hydrogen) atoms. The van der Waals surface area contributed by atoms with Gasteiger partial charge in [-0.05, 0) is 48.7 Å². The van der Waals surface area contributed by atoms with Crippen molar-refractivity contribution in [1.29, 1.82) is 0 Å². The topological polar surface area (TPSA) is 53.7 Å². The number of rotatable bonds is 2. The van der Waals surface area contributed by atoms with Crippen LogP contribution in [0.3, 0.4) is 0 Å². The maximum absolute atomic E-state index is 13.1. The van der Waals surface area contributed by atoms with Gasteiger partial charge in [0.2, 0.25) is 0 Å². The third kappa shape index (κ3) is 2.88. The van der Waals surface area contributed by atoms with Gasteiger partial charge in [-0.1, -0.05) is 54.1 Å². The molecule has 0 bridgehead atoms. The van der Waals surface area contributed by atoms with Crippen molar-refractivity contribution < 1.29 is 9.52 Å². The summed E-state index contributed by atoms with van der Waals surface area (Å²) in [5.41, 5.74) is 4.41. The molecule has 2 heterocycles. The number of aromatic hydroxyl groups is 1. The lowest BCUT2D eigenvalue weighted by molar-refractivity contribution is 0.446. The van der Waals surface area contributed by atoms with E-state index in [1.165, 1.54) is 5.56 Å². The lowest BCUT2D eigenvalue weighted by Gasteiger charge is -2.39. The zero-order chi connectivity index (χ0) is 20.0. The minimum atomic E-state index is -0.499. The van der Waals surface area contributed by atoms with E-state index in [0.29, 0.717) is 16.5 Å². The van der Waals surface area contributed by atoms with Crippen LogP contribution < -0.4 is 10.5 Å². The molecular weight excluding hydrogens is 362 g/mol. The summed E-state index contributed by atoms with van der Waals surface area (Å²) in [6, 6.07) is 23.2. The average Bonchev–Trinajstić information content (AvgIpc) is 2.75. The van der Waals surface area contributed by atoms with Crippen molar-refractivity contribution in [3.63, 3.8) is 0 Å². The normalized spacial score (nSPS) is 16.0. The molecule has 3 aromatic carbocycles. The largest absolute Gasteiger partial charge is 0.507 e. The molecule has 1 atom stereocenters. The van der Waals surface area contributed by atoms with Gasteiger partial charge in [0.15, 0.2) is 0 Å². The molecule has 4 heteroatoms. The molecule has 0 amide bonds. The van der Waals surface area contributed by atoms with Crippen LogP contribution in [0.15, 0.2) is 82.0 Å². The Hall–Kier alpha value is -3.53. The van der Waals surface area contributed by atoms with Crippen LogP contribution in [0.1, 0.15) is 28.3 Å². The van der Waals surface area contributed by atoms with Gasteiger partial charge < -0.3 is 14.4 Å². The number of para-hydroxylation sites is 1. The van der Waals surface area contributed by atoms with Crippen molar-refractivity contribution in [3.8, 4) is 5.75 Å². The Balaban J connectivity index is 1.80. The highest BCUT2D eigenvalue weighted by Crippen LogP contribution is 2.41. The van der Waals surface area contributed by atoms with Crippen LogP contribution in [0.4, 0.5) is 5.69 Å². The SMILES string of the molecule is Cc1ccc2oc(=O)c(C3c4ccccc4CCN3c3ccccc3)c(O)c2c1. The van der Waals surface area contributed by atoms with Gasteiger partial charge in [-0.2, -0.15) is 0 Å². The van der Waals surface area contributed by atoms with Gasteiger partial charge in [-0.3, -0.25) is 0 Å². The summed E-state index contributed by atoms with van der Waals surface area (Å²) in [6.45, 7) is 2.70. The quantitative estimate of drug-likeness (QED) is 0.497. The predicted molar refractivity (Wildman–Crippen MR) is 115 cm³/mol. The molecule has 4 aromatic rings. The van der Waals surface area contributed by atoms with Crippen molar-refractivity contribution in [1.82, 2.24) is 0 Å². The fraction of sp³-hybridized carbons (Fsp3) is 0.160. The zero-order valence-corrected chi connectivity index (χ0v) is 16.1. The Bertz CT molecular complexity index is 1260. The molecule has 144 valence electrons. The smallest absolute Gasteiger partial charge is 0.345 e. The number of aryl methyl sites for hydroxylation is 1. The number of benzene rings is 3. The van der Waals surface area contributed by atoms with Gasteiger partial charge >= 0.3 is 5.63 Å². The van der Waals surface area contributed by atoms with Crippen molar-refractivity contribution in [3.05, 3.63) is 105 Å². The number of nitrogens with zero attached hydrogens (tertiary/aromatic N) is 1. The minimum absolute atomic E-state index is 0.00239. The van der Waals surface area contributed by atoms with Crippen molar-refractivity contribution in [2.45, 2.75) is 19.4 Å². The van der Waals surface area contributed by atoms with E-state index < -0.39 is 11.7 Å². The number of anilines is 1. The van der Waals surface area contributed by atoms with Gasteiger partial charge in [0.05, 0.1) is 11.4 Å². The summed E-state index contributed by atoms with van der Waals surface area (Å²) in [5, 5.41) is 11.8. The summed E-state index contributed by atoms with van der Waals surface area (Å²) in [4.78, 5) is 15.2. The molecular formula is C25H21NO3. The van der Waals surface area contributed by atoms with E-state index in [9.17, 15) is 9.90 Å². The third-order valence-electron chi connectivity index (χ3n) is 5.71. The second kappa shape index (κ2) is 6.82. The van der Waals surface area contributed by atoms with E-state index in [0.717, 1.165) is 29.8 Å². The number of hydrogen-bond acceptors (Lipinski definition) is 4. The molecule has 0 aliphatic carbocycles.